The van der Waals surface area contributed by atoms with E-state index in [4.69, 9.17) is 0 Å². The molecule has 0 radical (unpaired) electrons. The molecule has 2 rings (SSSR count). The average Bonchev–Trinajstić information content (AvgIpc) is 2.43. The van der Waals surface area contributed by atoms with Crippen molar-refractivity contribution in [3.8, 4) is 0 Å². The molecule has 0 saturated heterocycles. The second kappa shape index (κ2) is 5.94. The number of aliphatic hydroxyl groups excluding tert-OH is 2. The third-order valence-electron chi connectivity index (χ3n) is 6.73. The van der Waals surface area contributed by atoms with Crippen LogP contribution >= 0.6 is 0 Å². The van der Waals surface area contributed by atoms with Crippen LogP contribution in [0.3, 0.4) is 0 Å². The normalized spacial score (nSPS) is 47.9. The first kappa shape index (κ1) is 19.6. The highest BCUT2D eigenvalue weighted by Crippen LogP contribution is 2.62. The molecule has 0 aromatic rings. The maximum Gasteiger partial charge on any atom is 0.109 e. The maximum atomic E-state index is 11.0. The van der Waals surface area contributed by atoms with Crippen molar-refractivity contribution in [3.05, 3.63) is 24.8 Å². The lowest BCUT2D eigenvalue weighted by Gasteiger charge is -2.63. The van der Waals surface area contributed by atoms with Gasteiger partial charge in [-0.2, -0.15) is 0 Å². The van der Waals surface area contributed by atoms with Gasteiger partial charge in [-0.1, -0.05) is 52.0 Å². The summed E-state index contributed by atoms with van der Waals surface area (Å²) in [5, 5.41) is 42.7. The number of rotatable bonds is 3. The van der Waals surface area contributed by atoms with E-state index in [1.807, 2.05) is 6.08 Å². The highest BCUT2D eigenvalue weighted by molar-refractivity contribution is 5.21. The molecule has 2 aliphatic rings. The molecule has 0 amide bonds. The highest BCUT2D eigenvalue weighted by atomic mass is 16.4. The smallest absolute Gasteiger partial charge is 0.109 e. The Balaban J connectivity index is 2.55. The summed E-state index contributed by atoms with van der Waals surface area (Å²) in [6.07, 6.45) is 5.56. The monoisotopic (exact) mass is 338 g/mol. The van der Waals surface area contributed by atoms with Gasteiger partial charge in [0.1, 0.15) is 6.10 Å². The zero-order chi connectivity index (χ0) is 18.6. The Labute approximate surface area is 145 Å². The first-order valence-corrected chi connectivity index (χ1v) is 8.93. The molecular formula is C20H34O4. The third-order valence-corrected chi connectivity index (χ3v) is 6.73. The minimum absolute atomic E-state index is 0.127. The lowest BCUT2D eigenvalue weighted by Crippen LogP contribution is -2.69. The van der Waals surface area contributed by atoms with Crippen LogP contribution in [0.2, 0.25) is 0 Å². The summed E-state index contributed by atoms with van der Waals surface area (Å²) in [5.74, 6) is -0.503. The standard InChI is InChI=1S/C20H34O4/c1-7-18(4,23)12-9-13-19(5)11-8-10-17(2,3)15(19)14(21)16(22)20(13,6)24/h7,9,12-16,21-24H,1,8,10-11H2,2-6H3/b12-9+/t13-,14-,15+,16+,18-,19-,20+/m1/s1. The fourth-order valence-corrected chi connectivity index (χ4v) is 5.48. The Kier molecular flexibility index (Phi) is 4.86. The van der Waals surface area contributed by atoms with Crippen LogP contribution in [0.1, 0.15) is 53.9 Å². The summed E-state index contributed by atoms with van der Waals surface area (Å²) in [6, 6.07) is 0. The molecule has 0 heterocycles. The van der Waals surface area contributed by atoms with Crippen molar-refractivity contribution in [3.63, 3.8) is 0 Å². The highest BCUT2D eigenvalue weighted by Gasteiger charge is 2.64. The lowest BCUT2D eigenvalue weighted by atomic mass is 9.44. The van der Waals surface area contributed by atoms with Crippen molar-refractivity contribution in [2.24, 2.45) is 22.7 Å². The predicted octanol–water partition coefficient (Wildman–Crippen LogP) is 2.41. The van der Waals surface area contributed by atoms with E-state index in [2.05, 4.69) is 27.4 Å². The number of fused-ring (bicyclic) bond motifs is 1. The van der Waals surface area contributed by atoms with Gasteiger partial charge in [0.15, 0.2) is 0 Å². The van der Waals surface area contributed by atoms with Crippen LogP contribution in [0.25, 0.3) is 0 Å². The maximum absolute atomic E-state index is 11.0. The molecule has 0 aliphatic heterocycles. The summed E-state index contributed by atoms with van der Waals surface area (Å²) in [4.78, 5) is 0. The van der Waals surface area contributed by atoms with Gasteiger partial charge in [-0.25, -0.2) is 0 Å². The zero-order valence-electron chi connectivity index (χ0n) is 15.7. The van der Waals surface area contributed by atoms with Gasteiger partial charge < -0.3 is 20.4 Å². The molecule has 0 bridgehead atoms. The number of hydrogen-bond acceptors (Lipinski definition) is 4. The van der Waals surface area contributed by atoms with E-state index in [1.165, 1.54) is 6.08 Å². The summed E-state index contributed by atoms with van der Waals surface area (Å²) in [7, 11) is 0. The molecule has 24 heavy (non-hydrogen) atoms. The van der Waals surface area contributed by atoms with Gasteiger partial charge in [0.05, 0.1) is 17.3 Å². The van der Waals surface area contributed by atoms with Crippen LogP contribution in [0.15, 0.2) is 24.8 Å². The van der Waals surface area contributed by atoms with Crippen molar-refractivity contribution in [2.45, 2.75) is 77.3 Å². The number of hydrogen-bond donors (Lipinski definition) is 4. The van der Waals surface area contributed by atoms with Gasteiger partial charge in [-0.3, -0.25) is 0 Å². The van der Waals surface area contributed by atoms with Gasteiger partial charge in [0.25, 0.3) is 0 Å². The van der Waals surface area contributed by atoms with Gasteiger partial charge in [-0.05, 0) is 43.4 Å². The van der Waals surface area contributed by atoms with E-state index in [0.717, 1.165) is 19.3 Å². The second-order valence-corrected chi connectivity index (χ2v) is 9.25. The Morgan fingerprint density at radius 3 is 2.25 bits per heavy atom. The van der Waals surface area contributed by atoms with Gasteiger partial charge in [0, 0.05) is 5.92 Å². The molecule has 0 spiro atoms. The zero-order valence-corrected chi connectivity index (χ0v) is 15.7. The quantitative estimate of drug-likeness (QED) is 0.596. The van der Waals surface area contributed by atoms with Crippen molar-refractivity contribution in [2.75, 3.05) is 0 Å². The number of aliphatic hydroxyl groups is 4. The Bertz CT molecular complexity index is 520. The van der Waals surface area contributed by atoms with E-state index < -0.39 is 23.4 Å². The van der Waals surface area contributed by atoms with Gasteiger partial charge in [0.2, 0.25) is 0 Å². The Morgan fingerprint density at radius 1 is 1.12 bits per heavy atom. The van der Waals surface area contributed by atoms with Crippen LogP contribution in [0, 0.1) is 22.7 Å². The molecule has 0 aromatic carbocycles. The fourth-order valence-electron chi connectivity index (χ4n) is 5.48. The molecule has 7 atom stereocenters. The lowest BCUT2D eigenvalue weighted by molar-refractivity contribution is -0.255. The second-order valence-electron chi connectivity index (χ2n) is 9.25. The van der Waals surface area contributed by atoms with Crippen molar-refractivity contribution < 1.29 is 20.4 Å². The van der Waals surface area contributed by atoms with Gasteiger partial charge >= 0.3 is 0 Å². The largest absolute Gasteiger partial charge is 0.390 e. The molecule has 0 aromatic heterocycles. The van der Waals surface area contributed by atoms with E-state index in [0.29, 0.717) is 0 Å². The minimum Gasteiger partial charge on any atom is -0.390 e. The topological polar surface area (TPSA) is 80.9 Å². The minimum atomic E-state index is -1.47. The summed E-state index contributed by atoms with van der Waals surface area (Å²) >= 11 is 0. The molecular weight excluding hydrogens is 304 g/mol. The van der Waals surface area contributed by atoms with Crippen LogP contribution in [-0.2, 0) is 0 Å². The van der Waals surface area contributed by atoms with Crippen LogP contribution in [0.4, 0.5) is 0 Å². The van der Waals surface area contributed by atoms with Gasteiger partial charge in [-0.15, -0.1) is 0 Å². The molecule has 4 nitrogen and oxygen atoms in total. The van der Waals surface area contributed by atoms with Crippen LogP contribution < -0.4 is 0 Å². The van der Waals surface area contributed by atoms with E-state index in [1.54, 1.807) is 19.9 Å². The van der Waals surface area contributed by atoms with Crippen LogP contribution in [0.5, 0.6) is 0 Å². The third kappa shape index (κ3) is 2.98. The van der Waals surface area contributed by atoms with Crippen molar-refractivity contribution >= 4 is 0 Å². The molecule has 138 valence electrons. The summed E-state index contributed by atoms with van der Waals surface area (Å²) < 4.78 is 0. The molecule has 2 aliphatic carbocycles. The predicted molar refractivity (Wildman–Crippen MR) is 95.3 cm³/mol. The summed E-state index contributed by atoms with van der Waals surface area (Å²) in [6.45, 7) is 13.2. The SMILES string of the molecule is C=C[C@@](C)(O)/C=C/[C@H]1[C@](C)(O)[C@@H](O)[C@H](O)[C@H]2C(C)(C)CCC[C@@]21C. The molecule has 4 N–H and O–H groups in total. The molecule has 4 heteroatoms. The molecule has 2 saturated carbocycles. The van der Waals surface area contributed by atoms with E-state index in [9.17, 15) is 20.4 Å². The fraction of sp³-hybridized carbons (Fsp3) is 0.800. The average molecular weight is 338 g/mol. The molecule has 0 unspecified atom stereocenters. The van der Waals surface area contributed by atoms with Crippen molar-refractivity contribution in [1.82, 2.24) is 0 Å². The Morgan fingerprint density at radius 2 is 1.71 bits per heavy atom. The first-order valence-electron chi connectivity index (χ1n) is 8.93. The van der Waals surface area contributed by atoms with E-state index >= 15 is 0 Å². The van der Waals surface area contributed by atoms with Crippen LogP contribution in [-0.4, -0.2) is 43.8 Å². The summed E-state index contributed by atoms with van der Waals surface area (Å²) in [5.41, 5.74) is -3.13. The first-order chi connectivity index (χ1) is 10.8. The van der Waals surface area contributed by atoms with Crippen molar-refractivity contribution in [1.29, 1.82) is 0 Å². The Hall–Kier alpha value is -0.680. The molecule has 2 fully saturated rings. The van der Waals surface area contributed by atoms with E-state index in [-0.39, 0.29) is 22.7 Å².